The number of anilines is 1. The Morgan fingerprint density at radius 2 is 1.86 bits per heavy atom. The highest BCUT2D eigenvalue weighted by Gasteiger charge is 2.16. The molecule has 5 nitrogen and oxygen atoms in total. The number of benzene rings is 2. The lowest BCUT2D eigenvalue weighted by molar-refractivity contribution is 0.0694. The Morgan fingerprint density at radius 3 is 2.67 bits per heavy atom. The van der Waals surface area contributed by atoms with Gasteiger partial charge in [0, 0.05) is 11.6 Å². The van der Waals surface area contributed by atoms with Crippen molar-refractivity contribution in [1.29, 1.82) is 0 Å². The van der Waals surface area contributed by atoms with Crippen molar-refractivity contribution in [3.05, 3.63) is 60.3 Å². The molecule has 0 saturated carbocycles. The molecule has 0 amide bonds. The number of rotatable bonds is 3. The van der Waals surface area contributed by atoms with Gasteiger partial charge in [-0.25, -0.2) is 4.79 Å². The topological polar surface area (TPSA) is 85.4 Å². The van der Waals surface area contributed by atoms with Gasteiger partial charge >= 0.3 is 5.97 Å². The summed E-state index contributed by atoms with van der Waals surface area (Å²) in [4.78, 5) is 15.5. The second kappa shape index (κ2) is 5.13. The average molecular weight is 280 g/mol. The van der Waals surface area contributed by atoms with Crippen LogP contribution < -0.4 is 10.5 Å². The van der Waals surface area contributed by atoms with E-state index in [0.29, 0.717) is 11.3 Å². The fraction of sp³-hybridized carbons (Fsp3) is 0. The van der Waals surface area contributed by atoms with E-state index in [1.807, 2.05) is 24.3 Å². The van der Waals surface area contributed by atoms with E-state index < -0.39 is 5.97 Å². The maximum atomic E-state index is 11.3. The molecule has 0 aliphatic carbocycles. The minimum absolute atomic E-state index is 0.0166. The number of carboxylic acid groups (broad SMARTS) is 1. The van der Waals surface area contributed by atoms with Gasteiger partial charge in [-0.3, -0.25) is 4.98 Å². The van der Waals surface area contributed by atoms with Crippen LogP contribution in [0.2, 0.25) is 0 Å². The summed E-state index contributed by atoms with van der Waals surface area (Å²) in [5.41, 5.74) is 6.78. The summed E-state index contributed by atoms with van der Waals surface area (Å²) in [7, 11) is 0. The number of aromatic carboxylic acids is 1. The van der Waals surface area contributed by atoms with Gasteiger partial charge in [0.1, 0.15) is 11.1 Å². The highest BCUT2D eigenvalue weighted by atomic mass is 16.5. The fourth-order valence-electron chi connectivity index (χ4n) is 2.11. The molecule has 0 fully saturated rings. The van der Waals surface area contributed by atoms with E-state index in [-0.39, 0.29) is 17.0 Å². The molecule has 0 spiro atoms. The monoisotopic (exact) mass is 280 g/mol. The first kappa shape index (κ1) is 12.9. The highest BCUT2D eigenvalue weighted by molar-refractivity contribution is 5.94. The van der Waals surface area contributed by atoms with Gasteiger partial charge in [-0.1, -0.05) is 24.3 Å². The number of aromatic nitrogens is 1. The van der Waals surface area contributed by atoms with Crippen LogP contribution in [-0.2, 0) is 0 Å². The van der Waals surface area contributed by atoms with E-state index in [1.54, 1.807) is 24.4 Å². The third kappa shape index (κ3) is 2.36. The Hall–Kier alpha value is -3.08. The minimum atomic E-state index is -1.09. The summed E-state index contributed by atoms with van der Waals surface area (Å²) < 4.78 is 5.75. The van der Waals surface area contributed by atoms with Crippen LogP contribution in [0, 0.1) is 0 Å². The maximum Gasteiger partial charge on any atom is 0.339 e. The van der Waals surface area contributed by atoms with E-state index in [4.69, 9.17) is 10.5 Å². The quantitative estimate of drug-likeness (QED) is 0.719. The molecule has 0 aliphatic heterocycles. The Bertz CT molecular complexity index is 825. The van der Waals surface area contributed by atoms with Crippen LogP contribution in [-0.4, -0.2) is 16.1 Å². The number of nitrogens with two attached hydrogens (primary N) is 1. The zero-order chi connectivity index (χ0) is 14.8. The Kier molecular flexibility index (Phi) is 3.16. The third-order valence-electron chi connectivity index (χ3n) is 3.08. The number of carboxylic acids is 1. The molecule has 3 aromatic rings. The van der Waals surface area contributed by atoms with Gasteiger partial charge in [0.05, 0.1) is 5.69 Å². The van der Waals surface area contributed by atoms with Crippen molar-refractivity contribution in [3.8, 4) is 11.5 Å². The number of nitrogens with zero attached hydrogens (tertiary/aromatic N) is 1. The van der Waals surface area contributed by atoms with E-state index in [2.05, 4.69) is 4.98 Å². The molecule has 3 N–H and O–H groups in total. The summed E-state index contributed by atoms with van der Waals surface area (Å²) in [6.45, 7) is 0. The largest absolute Gasteiger partial charge is 0.478 e. The SMILES string of the molecule is Nc1cccc(C(=O)O)c1Oc1cccc2cccnc12. The van der Waals surface area contributed by atoms with Crippen LogP contribution in [0.3, 0.4) is 0 Å². The molecule has 0 atom stereocenters. The summed E-state index contributed by atoms with van der Waals surface area (Å²) >= 11 is 0. The van der Waals surface area contributed by atoms with Crippen molar-refractivity contribution >= 4 is 22.6 Å². The third-order valence-corrected chi connectivity index (χ3v) is 3.08. The first-order valence-electron chi connectivity index (χ1n) is 6.30. The molecule has 21 heavy (non-hydrogen) atoms. The number of fused-ring (bicyclic) bond motifs is 1. The summed E-state index contributed by atoms with van der Waals surface area (Å²) in [6.07, 6.45) is 1.65. The molecule has 0 bridgehead atoms. The standard InChI is InChI=1S/C16H12N2O3/c17-12-7-2-6-11(16(19)20)15(12)21-13-8-1-4-10-5-3-9-18-14(10)13/h1-9H,17H2,(H,19,20). The lowest BCUT2D eigenvalue weighted by Crippen LogP contribution is -2.03. The van der Waals surface area contributed by atoms with Gasteiger partial charge < -0.3 is 15.6 Å². The Morgan fingerprint density at radius 1 is 1.10 bits per heavy atom. The number of carbonyl (C=O) groups is 1. The molecule has 1 heterocycles. The van der Waals surface area contributed by atoms with Crippen molar-refractivity contribution < 1.29 is 14.6 Å². The van der Waals surface area contributed by atoms with Crippen molar-refractivity contribution in [1.82, 2.24) is 4.98 Å². The fourth-order valence-corrected chi connectivity index (χ4v) is 2.11. The number of hydrogen-bond acceptors (Lipinski definition) is 4. The summed E-state index contributed by atoms with van der Waals surface area (Å²) in [5.74, 6) is -0.498. The minimum Gasteiger partial charge on any atom is -0.478 e. The average Bonchev–Trinajstić information content (AvgIpc) is 2.49. The number of para-hydroxylation sites is 2. The molecule has 2 aromatic carbocycles. The second-order valence-electron chi connectivity index (χ2n) is 4.46. The Labute approximate surface area is 120 Å². The molecule has 0 unspecified atom stereocenters. The molecule has 3 rings (SSSR count). The van der Waals surface area contributed by atoms with E-state index >= 15 is 0 Å². The van der Waals surface area contributed by atoms with Gasteiger partial charge in [0.2, 0.25) is 0 Å². The van der Waals surface area contributed by atoms with Crippen LogP contribution in [0.15, 0.2) is 54.7 Å². The van der Waals surface area contributed by atoms with Gasteiger partial charge in [0.25, 0.3) is 0 Å². The molecule has 0 aliphatic rings. The van der Waals surface area contributed by atoms with Crippen LogP contribution in [0.1, 0.15) is 10.4 Å². The van der Waals surface area contributed by atoms with Crippen LogP contribution in [0.25, 0.3) is 10.9 Å². The lowest BCUT2D eigenvalue weighted by atomic mass is 10.1. The zero-order valence-electron chi connectivity index (χ0n) is 11.0. The van der Waals surface area contributed by atoms with Crippen LogP contribution >= 0.6 is 0 Å². The zero-order valence-corrected chi connectivity index (χ0v) is 11.0. The molecule has 0 saturated heterocycles. The van der Waals surface area contributed by atoms with Gasteiger partial charge in [-0.15, -0.1) is 0 Å². The van der Waals surface area contributed by atoms with Gasteiger partial charge in [-0.05, 0) is 24.3 Å². The van der Waals surface area contributed by atoms with Crippen molar-refractivity contribution in [2.75, 3.05) is 5.73 Å². The summed E-state index contributed by atoms with van der Waals surface area (Å²) in [5, 5.41) is 10.1. The van der Waals surface area contributed by atoms with Crippen molar-refractivity contribution in [2.24, 2.45) is 0 Å². The van der Waals surface area contributed by atoms with Crippen molar-refractivity contribution in [3.63, 3.8) is 0 Å². The smallest absolute Gasteiger partial charge is 0.339 e. The maximum absolute atomic E-state index is 11.3. The predicted octanol–water partition coefficient (Wildman–Crippen LogP) is 3.31. The van der Waals surface area contributed by atoms with Gasteiger partial charge in [-0.2, -0.15) is 0 Å². The lowest BCUT2D eigenvalue weighted by Gasteiger charge is -2.12. The van der Waals surface area contributed by atoms with Crippen molar-refractivity contribution in [2.45, 2.75) is 0 Å². The number of nitrogen functional groups attached to an aromatic ring is 1. The first-order valence-corrected chi connectivity index (χ1v) is 6.30. The number of ether oxygens (including phenoxy) is 1. The van der Waals surface area contributed by atoms with E-state index in [1.165, 1.54) is 6.07 Å². The predicted molar refractivity (Wildman–Crippen MR) is 79.6 cm³/mol. The van der Waals surface area contributed by atoms with Crippen LogP contribution in [0.4, 0.5) is 5.69 Å². The van der Waals surface area contributed by atoms with Crippen LogP contribution in [0.5, 0.6) is 11.5 Å². The molecule has 0 radical (unpaired) electrons. The van der Waals surface area contributed by atoms with E-state index in [9.17, 15) is 9.90 Å². The second-order valence-corrected chi connectivity index (χ2v) is 4.46. The summed E-state index contributed by atoms with van der Waals surface area (Å²) in [6, 6.07) is 13.8. The van der Waals surface area contributed by atoms with Gasteiger partial charge in [0.15, 0.2) is 11.5 Å². The molecular formula is C16H12N2O3. The van der Waals surface area contributed by atoms with E-state index in [0.717, 1.165) is 5.39 Å². The molecule has 104 valence electrons. The molecular weight excluding hydrogens is 268 g/mol. The normalized spacial score (nSPS) is 10.5. The number of pyridine rings is 1. The molecule has 1 aromatic heterocycles. The Balaban J connectivity index is 2.13. The first-order chi connectivity index (χ1) is 10.2. The highest BCUT2D eigenvalue weighted by Crippen LogP contribution is 2.34. The number of hydrogen-bond donors (Lipinski definition) is 2. The molecule has 5 heteroatoms.